The Morgan fingerprint density at radius 1 is 0.294 bits per heavy atom. The van der Waals surface area contributed by atoms with Gasteiger partial charge in [0, 0.05) is 17.1 Å². The molecule has 0 bridgehead atoms. The molecule has 9 aromatic carbocycles. The lowest BCUT2D eigenvalue weighted by molar-refractivity contribution is 1.28. The maximum Gasteiger partial charge on any atom is 0.0645 e. The number of fused-ring (bicyclic) bond motifs is 2. The number of benzene rings is 9. The molecule has 0 spiro atoms. The van der Waals surface area contributed by atoms with Crippen molar-refractivity contribution in [3.63, 3.8) is 0 Å². The van der Waals surface area contributed by atoms with Crippen LogP contribution in [-0.2, 0) is 0 Å². The van der Waals surface area contributed by atoms with Gasteiger partial charge >= 0.3 is 0 Å². The maximum atomic E-state index is 9.54. The van der Waals surface area contributed by atoms with Gasteiger partial charge in [0.05, 0.1) is 11.0 Å². The Bertz CT molecular complexity index is 3030. The molecule has 0 aliphatic carbocycles. The molecule has 0 saturated carbocycles. The van der Waals surface area contributed by atoms with Crippen LogP contribution in [0.1, 0.15) is 11.0 Å². The van der Waals surface area contributed by atoms with E-state index in [0.29, 0.717) is 16.8 Å². The summed E-state index contributed by atoms with van der Waals surface area (Å²) in [5, 5.41) is 3.76. The highest BCUT2D eigenvalue weighted by Crippen LogP contribution is 2.39. The van der Waals surface area contributed by atoms with E-state index < -0.39 is 0 Å². The summed E-state index contributed by atoms with van der Waals surface area (Å²) in [7, 11) is 0. The SMILES string of the molecule is [2H]c1c([2H])c(N(c2cccc(-c3ccc4ccccc4c3)c2)c2c([2H])c([2H])c(-c3cccc4ccccc34)c([2H])c2[2H])c([2H])c([2H])c1-c1ccc(-c2ccccc2)cc1. The molecule has 0 aromatic heterocycles. The summed E-state index contributed by atoms with van der Waals surface area (Å²) in [5.41, 5.74) is 4.82. The molecule has 0 unspecified atom stereocenters. The molecule has 0 radical (unpaired) electrons. The van der Waals surface area contributed by atoms with Crippen LogP contribution in [0.25, 0.3) is 66.1 Å². The van der Waals surface area contributed by atoms with E-state index in [9.17, 15) is 11.0 Å². The molecule has 0 saturated heterocycles. The second-order valence-corrected chi connectivity index (χ2v) is 12.4. The van der Waals surface area contributed by atoms with E-state index in [1.54, 1.807) is 30.3 Å². The van der Waals surface area contributed by atoms with Crippen LogP contribution < -0.4 is 4.90 Å². The second kappa shape index (κ2) is 13.3. The standard InChI is InChI=1S/C50H35N/c1-2-10-36(11-3-1)38-20-22-39(23-21-38)40-26-30-46(31-27-40)51(47-32-28-42(29-33-47)50-19-9-15-41-13-6-7-18-49(41)50)48-17-8-16-44(35-48)45-25-24-37-12-4-5-14-43(37)34-45/h1-35H/i26D,27D,28D,29D,30D,31D,32D,33D. The van der Waals surface area contributed by atoms with E-state index in [1.165, 1.54) is 4.90 Å². The summed E-state index contributed by atoms with van der Waals surface area (Å²) in [6.07, 6.45) is 0. The molecular weight excluding hydrogens is 615 g/mol. The van der Waals surface area contributed by atoms with Crippen LogP contribution in [0, 0.1) is 0 Å². The second-order valence-electron chi connectivity index (χ2n) is 12.4. The number of nitrogens with zero attached hydrogens (tertiary/aromatic N) is 1. The minimum absolute atomic E-state index is 0.110. The highest BCUT2D eigenvalue weighted by molar-refractivity contribution is 5.97. The first kappa shape index (κ1) is 22.8. The van der Waals surface area contributed by atoms with E-state index in [1.807, 2.05) is 127 Å². The average Bonchev–Trinajstić information content (AvgIpc) is 3.28. The molecule has 1 heteroatoms. The number of anilines is 3. The van der Waals surface area contributed by atoms with Crippen LogP contribution in [0.3, 0.4) is 0 Å². The summed E-state index contributed by atoms with van der Waals surface area (Å²) < 4.78 is 75.5. The topological polar surface area (TPSA) is 3.24 Å². The van der Waals surface area contributed by atoms with Gasteiger partial charge in [0.25, 0.3) is 0 Å². The zero-order valence-electron chi connectivity index (χ0n) is 35.5. The van der Waals surface area contributed by atoms with Gasteiger partial charge in [-0.15, -0.1) is 0 Å². The Kier molecular flexibility index (Phi) is 5.96. The third-order valence-corrected chi connectivity index (χ3v) is 9.20. The fraction of sp³-hybridized carbons (Fsp3) is 0. The summed E-state index contributed by atoms with van der Waals surface area (Å²) >= 11 is 0. The first-order chi connectivity index (χ1) is 28.6. The monoisotopic (exact) mass is 657 g/mol. The van der Waals surface area contributed by atoms with Gasteiger partial charge < -0.3 is 4.90 Å². The minimum Gasteiger partial charge on any atom is -0.310 e. The smallest absolute Gasteiger partial charge is 0.0645 e. The van der Waals surface area contributed by atoms with Crippen molar-refractivity contribution >= 4 is 38.6 Å². The predicted molar refractivity (Wildman–Crippen MR) is 218 cm³/mol. The van der Waals surface area contributed by atoms with Crippen LogP contribution in [0.5, 0.6) is 0 Å². The third kappa shape index (κ3) is 6.07. The third-order valence-electron chi connectivity index (χ3n) is 9.20. The van der Waals surface area contributed by atoms with Crippen LogP contribution >= 0.6 is 0 Å². The van der Waals surface area contributed by atoms with E-state index >= 15 is 0 Å². The first-order valence-corrected chi connectivity index (χ1v) is 16.9. The van der Waals surface area contributed by atoms with E-state index in [4.69, 9.17) is 0 Å². The molecule has 9 aromatic rings. The molecule has 0 atom stereocenters. The summed E-state index contributed by atoms with van der Waals surface area (Å²) in [5.74, 6) is 0. The van der Waals surface area contributed by atoms with Crippen molar-refractivity contribution in [2.45, 2.75) is 0 Å². The number of hydrogen-bond donors (Lipinski definition) is 0. The molecule has 240 valence electrons. The quantitative estimate of drug-likeness (QED) is 0.165. The summed E-state index contributed by atoms with van der Waals surface area (Å²) in [6.45, 7) is 0. The lowest BCUT2D eigenvalue weighted by atomic mass is 9.97. The summed E-state index contributed by atoms with van der Waals surface area (Å²) in [4.78, 5) is 1.36. The van der Waals surface area contributed by atoms with Crippen LogP contribution in [-0.4, -0.2) is 0 Å². The van der Waals surface area contributed by atoms with Gasteiger partial charge in [0.2, 0.25) is 0 Å². The highest BCUT2D eigenvalue weighted by Gasteiger charge is 2.15. The molecule has 0 N–H and O–H groups in total. The molecule has 0 aliphatic heterocycles. The normalized spacial score (nSPS) is 13.3. The Morgan fingerprint density at radius 2 is 0.804 bits per heavy atom. The van der Waals surface area contributed by atoms with E-state index in [0.717, 1.165) is 43.8 Å². The molecule has 0 aliphatic rings. The molecule has 0 heterocycles. The van der Waals surface area contributed by atoms with Crippen molar-refractivity contribution in [3.05, 3.63) is 212 Å². The van der Waals surface area contributed by atoms with E-state index in [-0.39, 0.29) is 70.8 Å². The van der Waals surface area contributed by atoms with Gasteiger partial charge in [-0.05, 0) is 108 Å². The van der Waals surface area contributed by atoms with Crippen molar-refractivity contribution in [2.75, 3.05) is 4.90 Å². The van der Waals surface area contributed by atoms with Crippen LogP contribution in [0.2, 0.25) is 0 Å². The maximum absolute atomic E-state index is 9.54. The molecular formula is C50H35N. The van der Waals surface area contributed by atoms with Crippen LogP contribution in [0.4, 0.5) is 17.1 Å². The predicted octanol–water partition coefficient (Wildman–Crippen LogP) is 14.1. The van der Waals surface area contributed by atoms with Gasteiger partial charge in [-0.2, -0.15) is 0 Å². The van der Waals surface area contributed by atoms with Crippen molar-refractivity contribution in [1.82, 2.24) is 0 Å². The fourth-order valence-electron chi connectivity index (χ4n) is 6.58. The van der Waals surface area contributed by atoms with Crippen LogP contribution in [0.15, 0.2) is 212 Å². The van der Waals surface area contributed by atoms with Gasteiger partial charge in [-0.25, -0.2) is 0 Å². The summed E-state index contributed by atoms with van der Waals surface area (Å²) in [6, 6.07) is 48.9. The van der Waals surface area contributed by atoms with Gasteiger partial charge in [0.1, 0.15) is 0 Å². The zero-order chi connectivity index (χ0) is 40.9. The molecule has 51 heavy (non-hydrogen) atoms. The van der Waals surface area contributed by atoms with E-state index in [2.05, 4.69) is 6.07 Å². The lowest BCUT2D eigenvalue weighted by Gasteiger charge is -2.26. The van der Waals surface area contributed by atoms with Gasteiger partial charge in [-0.3, -0.25) is 0 Å². The molecule has 9 rings (SSSR count). The molecule has 0 fully saturated rings. The average molecular weight is 658 g/mol. The van der Waals surface area contributed by atoms with Gasteiger partial charge in [-0.1, -0.05) is 170 Å². The Balaban J connectivity index is 1.27. The lowest BCUT2D eigenvalue weighted by Crippen LogP contribution is -2.10. The zero-order valence-corrected chi connectivity index (χ0v) is 27.5. The number of hydrogen-bond acceptors (Lipinski definition) is 1. The van der Waals surface area contributed by atoms with Crippen molar-refractivity contribution < 1.29 is 11.0 Å². The Labute approximate surface area is 310 Å². The van der Waals surface area contributed by atoms with Crippen molar-refractivity contribution in [1.29, 1.82) is 0 Å². The Hall–Kier alpha value is -6.70. The molecule has 1 nitrogen and oxygen atoms in total. The highest BCUT2D eigenvalue weighted by atomic mass is 15.1. The largest absolute Gasteiger partial charge is 0.310 e. The minimum atomic E-state index is -0.390. The molecule has 0 amide bonds. The van der Waals surface area contributed by atoms with Crippen molar-refractivity contribution in [3.8, 4) is 44.5 Å². The van der Waals surface area contributed by atoms with Crippen molar-refractivity contribution in [2.24, 2.45) is 0 Å². The Morgan fingerprint density at radius 3 is 1.55 bits per heavy atom. The van der Waals surface area contributed by atoms with Gasteiger partial charge in [0.15, 0.2) is 0 Å². The fourth-order valence-corrected chi connectivity index (χ4v) is 6.58. The first-order valence-electron chi connectivity index (χ1n) is 20.9. The number of rotatable bonds is 7.